The summed E-state index contributed by atoms with van der Waals surface area (Å²) < 4.78 is 5.00. The molecule has 1 aromatic heterocycles. The van der Waals surface area contributed by atoms with E-state index in [2.05, 4.69) is 0 Å². The monoisotopic (exact) mass is 352 g/mol. The zero-order valence-electron chi connectivity index (χ0n) is 12.0. The van der Waals surface area contributed by atoms with Gasteiger partial charge in [0.2, 0.25) is 0 Å². The van der Waals surface area contributed by atoms with Gasteiger partial charge < -0.3 is 10.5 Å². The number of carbonyl (C=O) groups is 3. The Bertz CT molecular complexity index is 742. The molecule has 0 bridgehead atoms. The van der Waals surface area contributed by atoms with Gasteiger partial charge in [-0.1, -0.05) is 23.7 Å². The molecule has 0 radical (unpaired) electrons. The van der Waals surface area contributed by atoms with Gasteiger partial charge >= 0.3 is 12.0 Å². The lowest BCUT2D eigenvalue weighted by Crippen LogP contribution is -2.42. The van der Waals surface area contributed by atoms with Crippen LogP contribution in [0.3, 0.4) is 0 Å². The molecule has 1 aromatic carbocycles. The number of urea groups is 1. The number of nitrogens with two attached hydrogens (primary N) is 1. The average Bonchev–Trinajstić information content (AvgIpc) is 2.97. The molecule has 8 heteroatoms. The third-order valence-corrected chi connectivity index (χ3v) is 4.20. The molecule has 0 unspecified atom stereocenters. The Kier molecular flexibility index (Phi) is 5.36. The third-order valence-electron chi connectivity index (χ3n) is 2.84. The Morgan fingerprint density at radius 3 is 2.43 bits per heavy atom. The largest absolute Gasteiger partial charge is 0.448 e. The van der Waals surface area contributed by atoms with E-state index in [1.54, 1.807) is 24.3 Å². The van der Waals surface area contributed by atoms with Crippen LogP contribution in [0.1, 0.15) is 16.6 Å². The number of nitrogens with one attached hydrogen (secondary N) is 1. The number of amides is 3. The second-order valence-electron chi connectivity index (χ2n) is 4.57. The van der Waals surface area contributed by atoms with Crippen molar-refractivity contribution in [2.24, 2.45) is 5.73 Å². The lowest BCUT2D eigenvalue weighted by molar-refractivity contribution is -0.127. The molecular formula is C15H13ClN2O4S. The van der Waals surface area contributed by atoms with Crippen LogP contribution >= 0.6 is 22.9 Å². The zero-order valence-corrected chi connectivity index (χ0v) is 13.6. The van der Waals surface area contributed by atoms with Crippen LogP contribution in [0.4, 0.5) is 4.79 Å². The maximum absolute atomic E-state index is 12.0. The van der Waals surface area contributed by atoms with Gasteiger partial charge in [0.05, 0.1) is 0 Å². The number of ether oxygens (including phenoxy) is 1. The van der Waals surface area contributed by atoms with E-state index in [0.29, 0.717) is 9.90 Å². The van der Waals surface area contributed by atoms with Gasteiger partial charge in [-0.05, 0) is 36.8 Å². The van der Waals surface area contributed by atoms with Gasteiger partial charge in [-0.3, -0.25) is 10.1 Å². The van der Waals surface area contributed by atoms with Gasteiger partial charge in [-0.25, -0.2) is 9.59 Å². The van der Waals surface area contributed by atoms with Crippen molar-refractivity contribution in [3.05, 3.63) is 46.3 Å². The van der Waals surface area contributed by atoms with E-state index in [1.807, 2.05) is 17.4 Å². The number of benzene rings is 1. The first-order valence-corrected chi connectivity index (χ1v) is 7.73. The SMILES string of the molecule is C[C@@H](OC(=O)c1ccc(-c2ccc(Cl)cc2)s1)C(=O)NC(N)=O. The third kappa shape index (κ3) is 4.54. The predicted molar refractivity (Wildman–Crippen MR) is 87.4 cm³/mol. The maximum Gasteiger partial charge on any atom is 0.349 e. The second kappa shape index (κ2) is 7.26. The van der Waals surface area contributed by atoms with E-state index in [-0.39, 0.29) is 0 Å². The molecule has 0 fully saturated rings. The van der Waals surface area contributed by atoms with Gasteiger partial charge in [-0.2, -0.15) is 0 Å². The molecule has 0 saturated carbocycles. The van der Waals surface area contributed by atoms with Crippen molar-refractivity contribution < 1.29 is 19.1 Å². The summed E-state index contributed by atoms with van der Waals surface area (Å²) in [7, 11) is 0. The van der Waals surface area contributed by atoms with E-state index in [9.17, 15) is 14.4 Å². The van der Waals surface area contributed by atoms with Crippen LogP contribution in [0.25, 0.3) is 10.4 Å². The van der Waals surface area contributed by atoms with Crippen molar-refractivity contribution in [1.29, 1.82) is 0 Å². The molecule has 1 heterocycles. The van der Waals surface area contributed by atoms with Gasteiger partial charge in [0, 0.05) is 9.90 Å². The van der Waals surface area contributed by atoms with Gasteiger partial charge in [0.15, 0.2) is 6.10 Å². The Morgan fingerprint density at radius 2 is 1.83 bits per heavy atom. The molecule has 2 aromatic rings. The first kappa shape index (κ1) is 17.0. The van der Waals surface area contributed by atoms with E-state index in [0.717, 1.165) is 10.4 Å². The fourth-order valence-electron chi connectivity index (χ4n) is 1.71. The Labute approximate surface area is 141 Å². The van der Waals surface area contributed by atoms with Crippen LogP contribution in [0.5, 0.6) is 0 Å². The Balaban J connectivity index is 2.05. The lowest BCUT2D eigenvalue weighted by atomic mass is 10.2. The topological polar surface area (TPSA) is 98.5 Å². The standard InChI is InChI=1S/C15H13ClN2O4S/c1-8(13(19)18-15(17)21)22-14(20)12-7-6-11(23-12)9-2-4-10(16)5-3-9/h2-8H,1H3,(H3,17,18,19,21)/t8-/m1/s1. The highest BCUT2D eigenvalue weighted by atomic mass is 35.5. The first-order chi connectivity index (χ1) is 10.9. The molecule has 3 amide bonds. The summed E-state index contributed by atoms with van der Waals surface area (Å²) in [4.78, 5) is 35.3. The molecule has 0 aliphatic heterocycles. The molecule has 0 aliphatic rings. The second-order valence-corrected chi connectivity index (χ2v) is 6.09. The molecule has 2 rings (SSSR count). The van der Waals surface area contributed by atoms with Crippen LogP contribution in [-0.4, -0.2) is 24.0 Å². The number of carbonyl (C=O) groups excluding carboxylic acids is 3. The van der Waals surface area contributed by atoms with Crippen LogP contribution in [0, 0.1) is 0 Å². The highest BCUT2D eigenvalue weighted by molar-refractivity contribution is 7.17. The normalized spacial score (nSPS) is 11.6. The van der Waals surface area contributed by atoms with Crippen LogP contribution in [-0.2, 0) is 9.53 Å². The molecule has 0 saturated heterocycles. The summed E-state index contributed by atoms with van der Waals surface area (Å²) in [5.41, 5.74) is 5.75. The van der Waals surface area contributed by atoms with Crippen molar-refractivity contribution in [2.45, 2.75) is 13.0 Å². The number of primary amides is 1. The number of hydrogen-bond acceptors (Lipinski definition) is 5. The molecule has 6 nitrogen and oxygen atoms in total. The van der Waals surface area contributed by atoms with Crippen molar-refractivity contribution in [3.8, 4) is 10.4 Å². The van der Waals surface area contributed by atoms with Crippen molar-refractivity contribution in [1.82, 2.24) is 5.32 Å². The van der Waals surface area contributed by atoms with E-state index in [1.165, 1.54) is 18.3 Å². The van der Waals surface area contributed by atoms with Crippen LogP contribution in [0.2, 0.25) is 5.02 Å². The van der Waals surface area contributed by atoms with Gasteiger partial charge in [0.25, 0.3) is 5.91 Å². The van der Waals surface area contributed by atoms with E-state index < -0.39 is 24.0 Å². The summed E-state index contributed by atoms with van der Waals surface area (Å²) in [5.74, 6) is -1.43. The zero-order chi connectivity index (χ0) is 17.0. The summed E-state index contributed by atoms with van der Waals surface area (Å²) >= 11 is 7.06. The van der Waals surface area contributed by atoms with Crippen molar-refractivity contribution in [3.63, 3.8) is 0 Å². The number of rotatable bonds is 4. The van der Waals surface area contributed by atoms with Crippen LogP contribution in [0.15, 0.2) is 36.4 Å². The minimum absolute atomic E-state index is 0.341. The number of halogens is 1. The number of thiophene rings is 1. The molecule has 0 spiro atoms. The van der Waals surface area contributed by atoms with Gasteiger partial charge in [-0.15, -0.1) is 11.3 Å². The quantitative estimate of drug-likeness (QED) is 0.826. The maximum atomic E-state index is 12.0. The molecule has 120 valence electrons. The minimum atomic E-state index is -1.13. The highest BCUT2D eigenvalue weighted by Crippen LogP contribution is 2.29. The van der Waals surface area contributed by atoms with Gasteiger partial charge in [0.1, 0.15) is 4.88 Å². The lowest BCUT2D eigenvalue weighted by Gasteiger charge is -2.10. The summed E-state index contributed by atoms with van der Waals surface area (Å²) in [6.07, 6.45) is -1.13. The average molecular weight is 353 g/mol. The minimum Gasteiger partial charge on any atom is -0.448 e. The van der Waals surface area contributed by atoms with E-state index in [4.69, 9.17) is 22.1 Å². The Hall–Kier alpha value is -2.38. The fourth-order valence-corrected chi connectivity index (χ4v) is 2.73. The summed E-state index contributed by atoms with van der Waals surface area (Å²) in [6, 6.07) is 9.57. The number of imide groups is 1. The summed E-state index contributed by atoms with van der Waals surface area (Å²) in [5, 5.41) is 2.47. The smallest absolute Gasteiger partial charge is 0.349 e. The van der Waals surface area contributed by atoms with Crippen molar-refractivity contribution >= 4 is 40.8 Å². The molecule has 1 atom stereocenters. The fraction of sp³-hybridized carbons (Fsp3) is 0.133. The number of esters is 1. The highest BCUT2D eigenvalue weighted by Gasteiger charge is 2.21. The first-order valence-electron chi connectivity index (χ1n) is 6.54. The molecule has 3 N–H and O–H groups in total. The van der Waals surface area contributed by atoms with E-state index >= 15 is 0 Å². The molecular weight excluding hydrogens is 340 g/mol. The number of hydrogen-bond donors (Lipinski definition) is 2. The van der Waals surface area contributed by atoms with Crippen LogP contribution < -0.4 is 11.1 Å². The Morgan fingerprint density at radius 1 is 1.17 bits per heavy atom. The van der Waals surface area contributed by atoms with Crippen molar-refractivity contribution in [2.75, 3.05) is 0 Å². The predicted octanol–water partition coefficient (Wildman–Crippen LogP) is 2.81. The molecule has 23 heavy (non-hydrogen) atoms. The summed E-state index contributed by atoms with van der Waals surface area (Å²) in [6.45, 7) is 1.35. The molecule has 0 aliphatic carbocycles.